The summed E-state index contributed by atoms with van der Waals surface area (Å²) in [5, 5.41) is 0. The van der Waals surface area contributed by atoms with Gasteiger partial charge in [-0.15, -0.1) is 0 Å². The number of ether oxygens (including phenoxy) is 2. The number of halogens is 1. The van der Waals surface area contributed by atoms with Gasteiger partial charge in [-0.1, -0.05) is 30.3 Å². The van der Waals surface area contributed by atoms with Crippen molar-refractivity contribution in [3.05, 3.63) is 42.1 Å². The number of benzene rings is 1. The van der Waals surface area contributed by atoms with Crippen LogP contribution in [0.5, 0.6) is 0 Å². The predicted molar refractivity (Wildman–Crippen MR) is 72.2 cm³/mol. The molecule has 1 unspecified atom stereocenters. The van der Waals surface area contributed by atoms with Crippen LogP contribution in [0.4, 0.5) is 4.79 Å². The maximum absolute atomic E-state index is 11.6. The molecule has 0 aromatic heterocycles. The van der Waals surface area contributed by atoms with Crippen LogP contribution in [0.2, 0.25) is 0 Å². The first-order valence-electron chi connectivity index (χ1n) is 5.25. The number of rotatable bonds is 2. The Balaban J connectivity index is 2.17. The van der Waals surface area contributed by atoms with E-state index in [0.717, 1.165) is 5.56 Å². The molecule has 1 aromatic rings. The first-order chi connectivity index (χ1) is 8.22. The lowest BCUT2D eigenvalue weighted by Crippen LogP contribution is -2.30. The number of nitrogens with zero attached hydrogens (tertiary/aromatic N) is 1. The minimum Gasteiger partial charge on any atom is -0.459 e. The molecule has 1 aliphatic rings. The van der Waals surface area contributed by atoms with Gasteiger partial charge in [-0.05, 0) is 29.5 Å². The Labute approximate surface area is 113 Å². The molecule has 1 heterocycles. The second-order valence-electron chi connectivity index (χ2n) is 3.38. The van der Waals surface area contributed by atoms with Crippen LogP contribution in [0.1, 0.15) is 12.5 Å². The van der Waals surface area contributed by atoms with Gasteiger partial charge >= 0.3 is 6.09 Å². The third-order valence-corrected chi connectivity index (χ3v) is 3.09. The van der Waals surface area contributed by atoms with Crippen LogP contribution in [-0.2, 0) is 9.47 Å². The molecule has 0 saturated heterocycles. The fraction of sp³-hybridized carbons (Fsp3) is 0.250. The molecule has 5 heteroatoms. The largest absolute Gasteiger partial charge is 0.459 e. The lowest BCUT2D eigenvalue weighted by Gasteiger charge is -2.16. The molecule has 1 amide bonds. The van der Waals surface area contributed by atoms with Gasteiger partial charge < -0.3 is 9.47 Å². The Morgan fingerprint density at radius 1 is 1.47 bits per heavy atom. The molecular weight excluding hydrogens is 333 g/mol. The zero-order valence-corrected chi connectivity index (χ0v) is 11.5. The lowest BCUT2D eigenvalue weighted by atomic mass is 10.2. The number of amides is 1. The Bertz CT molecular complexity index is 433. The van der Waals surface area contributed by atoms with Crippen LogP contribution in [0.25, 0.3) is 5.76 Å². The van der Waals surface area contributed by atoms with Crippen LogP contribution in [-0.4, -0.2) is 21.8 Å². The van der Waals surface area contributed by atoms with Crippen molar-refractivity contribution in [2.45, 2.75) is 11.2 Å². The summed E-state index contributed by atoms with van der Waals surface area (Å²) in [5.41, 5.74) is 0.945. The normalized spacial score (nSPS) is 18.6. The number of carbonyl (C=O) groups excluding carboxylic acids is 1. The van der Waals surface area contributed by atoms with Crippen LogP contribution in [0.3, 0.4) is 0 Å². The SMILES string of the molecule is CCOC(=O)N1C=C(c2ccccc2)OC1I. The lowest BCUT2D eigenvalue weighted by molar-refractivity contribution is 0.0945. The Morgan fingerprint density at radius 2 is 2.18 bits per heavy atom. The molecule has 1 atom stereocenters. The van der Waals surface area contributed by atoms with Gasteiger partial charge in [0.25, 0.3) is 0 Å². The smallest absolute Gasteiger partial charge is 0.417 e. The summed E-state index contributed by atoms with van der Waals surface area (Å²) < 4.78 is 10.2. The summed E-state index contributed by atoms with van der Waals surface area (Å²) in [6.07, 6.45) is 1.28. The van der Waals surface area contributed by atoms with Crippen LogP contribution in [0, 0.1) is 0 Å². The highest BCUT2D eigenvalue weighted by Gasteiger charge is 2.30. The summed E-state index contributed by atoms with van der Waals surface area (Å²) in [5.74, 6) is 0.679. The molecule has 0 spiro atoms. The van der Waals surface area contributed by atoms with E-state index in [-0.39, 0.29) is 4.23 Å². The Hall–Kier alpha value is -1.24. The molecule has 2 rings (SSSR count). The van der Waals surface area contributed by atoms with Crippen LogP contribution in [0.15, 0.2) is 36.5 Å². The fourth-order valence-electron chi connectivity index (χ4n) is 1.46. The first-order valence-corrected chi connectivity index (χ1v) is 6.50. The van der Waals surface area contributed by atoms with E-state index in [9.17, 15) is 4.79 Å². The quantitative estimate of drug-likeness (QED) is 0.470. The van der Waals surface area contributed by atoms with Gasteiger partial charge in [0.2, 0.25) is 4.23 Å². The molecule has 0 fully saturated rings. The Kier molecular flexibility index (Phi) is 3.88. The van der Waals surface area contributed by atoms with Crippen molar-refractivity contribution in [3.8, 4) is 0 Å². The zero-order valence-electron chi connectivity index (χ0n) is 9.30. The molecule has 17 heavy (non-hydrogen) atoms. The third-order valence-electron chi connectivity index (χ3n) is 2.24. The summed E-state index contributed by atoms with van der Waals surface area (Å²) in [6, 6.07) is 9.65. The third kappa shape index (κ3) is 2.71. The maximum atomic E-state index is 11.6. The van der Waals surface area contributed by atoms with Crippen molar-refractivity contribution in [1.29, 1.82) is 0 Å². The highest BCUT2D eigenvalue weighted by atomic mass is 127. The maximum Gasteiger partial charge on any atom is 0.417 e. The average Bonchev–Trinajstić information content (AvgIpc) is 2.73. The number of hydrogen-bond acceptors (Lipinski definition) is 3. The molecule has 1 aliphatic heterocycles. The molecule has 0 saturated carbocycles. The van der Waals surface area contributed by atoms with E-state index in [1.807, 2.05) is 52.9 Å². The molecular formula is C12H12INO3. The van der Waals surface area contributed by atoms with Crippen molar-refractivity contribution >= 4 is 34.4 Å². The van der Waals surface area contributed by atoms with Gasteiger partial charge in [0, 0.05) is 5.56 Å². The monoisotopic (exact) mass is 345 g/mol. The molecule has 90 valence electrons. The van der Waals surface area contributed by atoms with Crippen molar-refractivity contribution in [3.63, 3.8) is 0 Å². The second kappa shape index (κ2) is 5.39. The highest BCUT2D eigenvalue weighted by molar-refractivity contribution is 14.1. The van der Waals surface area contributed by atoms with E-state index < -0.39 is 6.09 Å². The van der Waals surface area contributed by atoms with Gasteiger partial charge in [0.05, 0.1) is 12.8 Å². The molecule has 4 nitrogen and oxygen atoms in total. The second-order valence-corrected chi connectivity index (χ2v) is 4.44. The summed E-state index contributed by atoms with van der Waals surface area (Å²) in [7, 11) is 0. The number of alkyl halides is 1. The van der Waals surface area contributed by atoms with Crippen LogP contribution >= 0.6 is 22.6 Å². The summed E-state index contributed by atoms with van der Waals surface area (Å²) >= 11 is 2.04. The standard InChI is InChI=1S/C12H12INO3/c1-2-16-12(15)14-8-10(17-11(14)13)9-6-4-3-5-7-9/h3-8,11H,2H2,1H3. The van der Waals surface area contributed by atoms with Gasteiger partial charge in [0.15, 0.2) is 0 Å². The first kappa shape index (κ1) is 12.2. The van der Waals surface area contributed by atoms with E-state index in [1.165, 1.54) is 4.90 Å². The van der Waals surface area contributed by atoms with Crippen molar-refractivity contribution in [2.75, 3.05) is 6.61 Å². The van der Waals surface area contributed by atoms with E-state index in [4.69, 9.17) is 9.47 Å². The van der Waals surface area contributed by atoms with Gasteiger partial charge in [0.1, 0.15) is 5.76 Å². The van der Waals surface area contributed by atoms with Gasteiger partial charge in [-0.2, -0.15) is 0 Å². The number of hydrogen-bond donors (Lipinski definition) is 0. The predicted octanol–water partition coefficient (Wildman–Crippen LogP) is 3.19. The minimum atomic E-state index is -0.391. The van der Waals surface area contributed by atoms with Gasteiger partial charge in [-0.25, -0.2) is 9.69 Å². The zero-order chi connectivity index (χ0) is 12.3. The van der Waals surface area contributed by atoms with Gasteiger partial charge in [-0.3, -0.25) is 0 Å². The van der Waals surface area contributed by atoms with E-state index in [1.54, 1.807) is 13.1 Å². The average molecular weight is 345 g/mol. The molecule has 0 N–H and O–H groups in total. The Morgan fingerprint density at radius 3 is 2.82 bits per heavy atom. The van der Waals surface area contributed by atoms with Crippen molar-refractivity contribution in [2.24, 2.45) is 0 Å². The highest BCUT2D eigenvalue weighted by Crippen LogP contribution is 2.30. The van der Waals surface area contributed by atoms with E-state index >= 15 is 0 Å². The summed E-state index contributed by atoms with van der Waals surface area (Å²) in [6.45, 7) is 2.13. The van der Waals surface area contributed by atoms with Crippen molar-refractivity contribution in [1.82, 2.24) is 4.90 Å². The topological polar surface area (TPSA) is 38.8 Å². The van der Waals surface area contributed by atoms with E-state index in [0.29, 0.717) is 12.4 Å². The van der Waals surface area contributed by atoms with Crippen molar-refractivity contribution < 1.29 is 14.3 Å². The molecule has 0 aliphatic carbocycles. The molecule has 0 radical (unpaired) electrons. The fourth-order valence-corrected chi connectivity index (χ4v) is 2.12. The minimum absolute atomic E-state index is 0.354. The summed E-state index contributed by atoms with van der Waals surface area (Å²) in [4.78, 5) is 13.0. The molecule has 1 aromatic carbocycles. The molecule has 0 bridgehead atoms. The van der Waals surface area contributed by atoms with Crippen LogP contribution < -0.4 is 0 Å². The van der Waals surface area contributed by atoms with E-state index in [2.05, 4.69) is 0 Å². The number of carbonyl (C=O) groups is 1.